The molecule has 0 spiro atoms. The first kappa shape index (κ1) is 22.9. The molecule has 192 valence electrons. The minimum atomic E-state index is 0.0131. The van der Waals surface area contributed by atoms with E-state index in [1.54, 1.807) is 24.8 Å². The fourth-order valence-electron chi connectivity index (χ4n) is 5.01. The van der Waals surface area contributed by atoms with Crippen LogP contribution in [0.5, 0.6) is 0 Å². The number of anilines is 3. The van der Waals surface area contributed by atoms with Crippen LogP contribution >= 0.6 is 0 Å². The summed E-state index contributed by atoms with van der Waals surface area (Å²) in [6, 6.07) is 19.7. The van der Waals surface area contributed by atoms with Gasteiger partial charge in [0.2, 0.25) is 0 Å². The van der Waals surface area contributed by atoms with Gasteiger partial charge in [-0.1, -0.05) is 12.1 Å². The number of piperazine rings is 1. The Kier molecular flexibility index (Phi) is 5.62. The van der Waals surface area contributed by atoms with Crippen molar-refractivity contribution in [1.29, 1.82) is 0 Å². The third kappa shape index (κ3) is 4.52. The summed E-state index contributed by atoms with van der Waals surface area (Å²) >= 11 is 0. The lowest BCUT2D eigenvalue weighted by atomic mass is 10.1. The van der Waals surface area contributed by atoms with Crippen LogP contribution in [0.2, 0.25) is 0 Å². The van der Waals surface area contributed by atoms with Crippen LogP contribution in [0.1, 0.15) is 10.5 Å². The molecule has 0 bridgehead atoms. The van der Waals surface area contributed by atoms with E-state index in [9.17, 15) is 4.79 Å². The summed E-state index contributed by atoms with van der Waals surface area (Å²) in [7, 11) is 0. The second-order valence-corrected chi connectivity index (χ2v) is 9.53. The number of nitrogens with zero attached hydrogens (tertiary/aromatic N) is 6. The fraction of sp³-hybridized carbons (Fsp3) is 0.138. The Hall–Kier alpha value is -5.25. The number of hydrogen-bond acceptors (Lipinski definition) is 7. The second-order valence-electron chi connectivity index (χ2n) is 9.53. The molecule has 1 amide bonds. The van der Waals surface area contributed by atoms with E-state index >= 15 is 0 Å². The molecule has 7 rings (SSSR count). The normalized spacial score (nSPS) is 13.7. The molecule has 1 aliphatic heterocycles. The van der Waals surface area contributed by atoms with Crippen LogP contribution in [-0.2, 0) is 0 Å². The third-order valence-corrected chi connectivity index (χ3v) is 7.07. The Morgan fingerprint density at radius 3 is 2.59 bits per heavy atom. The average Bonchev–Trinajstić information content (AvgIpc) is 3.64. The second kappa shape index (κ2) is 9.56. The van der Waals surface area contributed by atoms with Crippen LogP contribution in [0.4, 0.5) is 17.2 Å². The predicted octanol–water partition coefficient (Wildman–Crippen LogP) is 4.60. The highest BCUT2D eigenvalue weighted by Gasteiger charge is 2.23. The quantitative estimate of drug-likeness (QED) is 0.307. The monoisotopic (exact) mass is 515 g/mol. The molecule has 1 saturated heterocycles. The molecule has 1 fully saturated rings. The van der Waals surface area contributed by atoms with Crippen molar-refractivity contribution in [3.8, 4) is 11.4 Å². The zero-order valence-electron chi connectivity index (χ0n) is 21.0. The van der Waals surface area contributed by atoms with E-state index in [0.29, 0.717) is 30.4 Å². The summed E-state index contributed by atoms with van der Waals surface area (Å²) in [5.74, 6) is 1.30. The summed E-state index contributed by atoms with van der Waals surface area (Å²) in [5, 5.41) is 12.4. The maximum absolute atomic E-state index is 13.3. The summed E-state index contributed by atoms with van der Waals surface area (Å²) in [6.07, 6.45) is 7.12. The summed E-state index contributed by atoms with van der Waals surface area (Å²) in [5.41, 5.74) is 5.36. The van der Waals surface area contributed by atoms with Crippen LogP contribution in [0.25, 0.3) is 33.2 Å². The fourth-order valence-corrected chi connectivity index (χ4v) is 5.01. The number of amides is 1. The minimum absolute atomic E-state index is 0.0131. The van der Waals surface area contributed by atoms with Gasteiger partial charge in [0, 0.05) is 78.0 Å². The van der Waals surface area contributed by atoms with Gasteiger partial charge in [-0.05, 0) is 48.5 Å². The van der Waals surface area contributed by atoms with Gasteiger partial charge in [-0.25, -0.2) is 9.97 Å². The lowest BCUT2D eigenvalue weighted by molar-refractivity contribution is 0.0742. The Morgan fingerprint density at radius 2 is 1.72 bits per heavy atom. The van der Waals surface area contributed by atoms with Crippen molar-refractivity contribution in [2.24, 2.45) is 0 Å². The molecule has 1 aliphatic rings. The first-order chi connectivity index (χ1) is 19.2. The van der Waals surface area contributed by atoms with Crippen LogP contribution in [0.3, 0.4) is 0 Å². The van der Waals surface area contributed by atoms with Crippen LogP contribution < -0.4 is 10.2 Å². The number of aromatic amines is 2. The van der Waals surface area contributed by atoms with Crippen molar-refractivity contribution >= 4 is 44.9 Å². The summed E-state index contributed by atoms with van der Waals surface area (Å²) in [6.45, 7) is 2.92. The minimum Gasteiger partial charge on any atom is -0.368 e. The number of pyridine rings is 1. The van der Waals surface area contributed by atoms with Crippen molar-refractivity contribution in [1.82, 2.24) is 35.0 Å². The number of hydrogen-bond donors (Lipinski definition) is 3. The summed E-state index contributed by atoms with van der Waals surface area (Å²) < 4.78 is 0. The zero-order chi connectivity index (χ0) is 26.2. The van der Waals surface area contributed by atoms with Gasteiger partial charge >= 0.3 is 0 Å². The van der Waals surface area contributed by atoms with E-state index in [1.807, 2.05) is 65.6 Å². The Balaban J connectivity index is 1.07. The van der Waals surface area contributed by atoms with E-state index in [-0.39, 0.29) is 5.91 Å². The Morgan fingerprint density at radius 1 is 0.846 bits per heavy atom. The van der Waals surface area contributed by atoms with Crippen LogP contribution in [0.15, 0.2) is 85.5 Å². The number of carbonyl (C=O) groups is 1. The van der Waals surface area contributed by atoms with Crippen molar-refractivity contribution in [2.45, 2.75) is 0 Å². The number of H-pyrrole nitrogens is 2. The first-order valence-electron chi connectivity index (χ1n) is 12.8. The predicted molar refractivity (Wildman–Crippen MR) is 151 cm³/mol. The molecule has 5 heterocycles. The summed E-state index contributed by atoms with van der Waals surface area (Å²) in [4.78, 5) is 34.1. The molecule has 0 unspecified atom stereocenters. The number of nitrogens with one attached hydrogen (secondary N) is 3. The largest absolute Gasteiger partial charge is 0.368 e. The number of rotatable bonds is 5. The SMILES string of the molecule is O=C(c1cc2ccc(-c3nccc(Nc4ccc5[nH]ncc5c4)n3)cc2[nH]1)N1CCN(c2ccncc2)CC1. The van der Waals surface area contributed by atoms with Gasteiger partial charge in [-0.3, -0.25) is 14.9 Å². The maximum atomic E-state index is 13.3. The molecule has 2 aromatic carbocycles. The topological polar surface area (TPSA) is 119 Å². The highest BCUT2D eigenvalue weighted by molar-refractivity contribution is 5.99. The molecule has 10 heteroatoms. The van der Waals surface area contributed by atoms with Crippen LogP contribution in [0, 0.1) is 0 Å². The standard InChI is InChI=1S/C29H25N9O/c39-29(38-13-11-37(12-14-38)23-5-8-30-9-6-23)26-16-19-1-2-20(17-25(19)34-26)28-31-10-7-27(35-28)33-22-3-4-24-21(15-22)18-32-36-24/h1-10,15-18,34H,11-14H2,(H,32,36)(H,31,33,35). The maximum Gasteiger partial charge on any atom is 0.270 e. The highest BCUT2D eigenvalue weighted by atomic mass is 16.2. The smallest absolute Gasteiger partial charge is 0.270 e. The van der Waals surface area contributed by atoms with Gasteiger partial charge in [0.05, 0.1) is 11.7 Å². The van der Waals surface area contributed by atoms with Crippen molar-refractivity contribution in [3.63, 3.8) is 0 Å². The molecule has 0 radical (unpaired) electrons. The molecule has 10 nitrogen and oxygen atoms in total. The number of carbonyl (C=O) groups excluding carboxylic acids is 1. The van der Waals surface area contributed by atoms with E-state index in [2.05, 4.69) is 35.4 Å². The van der Waals surface area contributed by atoms with Gasteiger partial charge < -0.3 is 20.1 Å². The molecule has 6 aromatic rings. The Labute approximate surface area is 223 Å². The van der Waals surface area contributed by atoms with Crippen molar-refractivity contribution < 1.29 is 4.79 Å². The zero-order valence-corrected chi connectivity index (χ0v) is 21.0. The molecule has 0 atom stereocenters. The number of fused-ring (bicyclic) bond motifs is 2. The van der Waals surface area contributed by atoms with E-state index < -0.39 is 0 Å². The number of aromatic nitrogens is 6. The van der Waals surface area contributed by atoms with Gasteiger partial charge in [-0.15, -0.1) is 0 Å². The van der Waals surface area contributed by atoms with Gasteiger partial charge in [-0.2, -0.15) is 5.10 Å². The van der Waals surface area contributed by atoms with Gasteiger partial charge in [0.15, 0.2) is 5.82 Å². The van der Waals surface area contributed by atoms with E-state index in [1.165, 1.54) is 0 Å². The molecule has 4 aromatic heterocycles. The first-order valence-corrected chi connectivity index (χ1v) is 12.8. The van der Waals surface area contributed by atoms with Gasteiger partial charge in [0.25, 0.3) is 5.91 Å². The van der Waals surface area contributed by atoms with Crippen molar-refractivity contribution in [3.05, 3.63) is 91.1 Å². The lowest BCUT2D eigenvalue weighted by Crippen LogP contribution is -2.48. The number of benzene rings is 2. The lowest BCUT2D eigenvalue weighted by Gasteiger charge is -2.35. The molecular weight excluding hydrogens is 490 g/mol. The van der Waals surface area contributed by atoms with Gasteiger partial charge in [0.1, 0.15) is 11.5 Å². The van der Waals surface area contributed by atoms with E-state index in [0.717, 1.165) is 51.8 Å². The van der Waals surface area contributed by atoms with Crippen molar-refractivity contribution in [2.75, 3.05) is 36.4 Å². The molecule has 39 heavy (non-hydrogen) atoms. The molecular formula is C29H25N9O. The third-order valence-electron chi connectivity index (χ3n) is 7.07. The average molecular weight is 516 g/mol. The van der Waals surface area contributed by atoms with E-state index in [4.69, 9.17) is 4.98 Å². The molecule has 3 N–H and O–H groups in total. The molecule has 0 aliphatic carbocycles. The molecule has 0 saturated carbocycles. The highest BCUT2D eigenvalue weighted by Crippen LogP contribution is 2.26. The van der Waals surface area contributed by atoms with Crippen LogP contribution in [-0.4, -0.2) is 67.1 Å². The Bertz CT molecular complexity index is 1790.